The quantitative estimate of drug-likeness (QED) is 0.742. The van der Waals surface area contributed by atoms with Gasteiger partial charge in [-0.05, 0) is 30.5 Å². The van der Waals surface area contributed by atoms with Crippen LogP contribution in [0.3, 0.4) is 0 Å². The molecule has 2 atom stereocenters. The highest BCUT2D eigenvalue weighted by Gasteiger charge is 2.31. The largest absolute Gasteiger partial charge is 0.480 e. The van der Waals surface area contributed by atoms with E-state index in [0.717, 1.165) is 6.42 Å². The van der Waals surface area contributed by atoms with Crippen molar-refractivity contribution in [2.75, 3.05) is 19.0 Å². The molecule has 0 bridgehead atoms. The molecule has 1 saturated heterocycles. The number of ether oxygens (including phenoxy) is 1. The Balaban J connectivity index is 2.05. The van der Waals surface area contributed by atoms with E-state index in [9.17, 15) is 23.1 Å². The van der Waals surface area contributed by atoms with Gasteiger partial charge >= 0.3 is 5.97 Å². The minimum absolute atomic E-state index is 0.0224. The molecule has 8 heteroatoms. The summed E-state index contributed by atoms with van der Waals surface area (Å²) < 4.78 is 29.1. The smallest absolute Gasteiger partial charge is 0.326 e. The highest BCUT2D eigenvalue weighted by atomic mass is 32.2. The number of rotatable bonds is 7. The van der Waals surface area contributed by atoms with Crippen molar-refractivity contribution >= 4 is 21.7 Å². The maximum absolute atomic E-state index is 12.2. The Kier molecular flexibility index (Phi) is 6.55. The zero-order valence-electron chi connectivity index (χ0n) is 14.1. The molecule has 0 spiro atoms. The second kappa shape index (κ2) is 8.44. The maximum atomic E-state index is 12.2. The van der Waals surface area contributed by atoms with Gasteiger partial charge in [-0.25, -0.2) is 13.2 Å². The van der Waals surface area contributed by atoms with Crippen LogP contribution in [0.2, 0.25) is 0 Å². The molecule has 0 saturated carbocycles. The Morgan fingerprint density at radius 3 is 2.76 bits per heavy atom. The predicted molar refractivity (Wildman–Crippen MR) is 91.0 cm³/mol. The third-order valence-electron chi connectivity index (χ3n) is 4.25. The van der Waals surface area contributed by atoms with E-state index >= 15 is 0 Å². The van der Waals surface area contributed by atoms with Crippen LogP contribution >= 0.6 is 0 Å². The number of carbonyl (C=O) groups is 2. The summed E-state index contributed by atoms with van der Waals surface area (Å²) in [4.78, 5) is 23.9. The summed E-state index contributed by atoms with van der Waals surface area (Å²) in [6, 6.07) is 5.16. The molecular formula is C17H23NO6S. The first-order chi connectivity index (χ1) is 11.8. The number of aliphatic carboxylic acids is 1. The van der Waals surface area contributed by atoms with Gasteiger partial charge < -0.3 is 15.2 Å². The van der Waals surface area contributed by atoms with Crippen LogP contribution in [0.15, 0.2) is 29.2 Å². The van der Waals surface area contributed by atoms with Crippen LogP contribution in [0.1, 0.15) is 25.3 Å². The minimum atomic E-state index is -3.35. The van der Waals surface area contributed by atoms with Crippen molar-refractivity contribution in [3.63, 3.8) is 0 Å². The fraction of sp³-hybridized carbons (Fsp3) is 0.529. The molecule has 7 nitrogen and oxygen atoms in total. The van der Waals surface area contributed by atoms with Gasteiger partial charge in [0.1, 0.15) is 6.04 Å². The van der Waals surface area contributed by atoms with E-state index in [1.165, 1.54) is 12.1 Å². The summed E-state index contributed by atoms with van der Waals surface area (Å²) in [5, 5.41) is 11.9. The number of carboxylic acid groups (broad SMARTS) is 1. The van der Waals surface area contributed by atoms with Crippen molar-refractivity contribution in [3.05, 3.63) is 29.8 Å². The molecule has 2 N–H and O–H groups in total. The number of nitrogens with one attached hydrogen (secondary N) is 1. The lowest BCUT2D eigenvalue weighted by Crippen LogP contribution is -2.48. The fourth-order valence-electron chi connectivity index (χ4n) is 2.84. The third kappa shape index (κ3) is 5.27. The Labute approximate surface area is 147 Å². The predicted octanol–water partition coefficient (Wildman–Crippen LogP) is 1.02. The number of carbonyl (C=O) groups excluding carboxylic acids is 1. The van der Waals surface area contributed by atoms with E-state index in [2.05, 4.69) is 5.32 Å². The van der Waals surface area contributed by atoms with Crippen molar-refractivity contribution in [2.45, 2.75) is 37.1 Å². The van der Waals surface area contributed by atoms with Crippen LogP contribution in [0, 0.1) is 5.92 Å². The number of hydrogen-bond donors (Lipinski definition) is 2. The van der Waals surface area contributed by atoms with Crippen LogP contribution < -0.4 is 5.32 Å². The van der Waals surface area contributed by atoms with E-state index in [1.807, 2.05) is 0 Å². The Hall–Kier alpha value is -1.93. The first-order valence-electron chi connectivity index (χ1n) is 8.25. The molecule has 25 heavy (non-hydrogen) atoms. The van der Waals surface area contributed by atoms with Gasteiger partial charge in [0.2, 0.25) is 5.91 Å². The van der Waals surface area contributed by atoms with Gasteiger partial charge in [0.15, 0.2) is 9.84 Å². The monoisotopic (exact) mass is 369 g/mol. The van der Waals surface area contributed by atoms with Gasteiger partial charge in [-0.2, -0.15) is 0 Å². The Morgan fingerprint density at radius 2 is 2.16 bits per heavy atom. The lowest BCUT2D eigenvalue weighted by atomic mass is 9.93. The highest BCUT2D eigenvalue weighted by molar-refractivity contribution is 7.91. The molecule has 1 amide bonds. The van der Waals surface area contributed by atoms with Crippen molar-refractivity contribution in [2.24, 2.45) is 5.92 Å². The summed E-state index contributed by atoms with van der Waals surface area (Å²) >= 11 is 0. The molecule has 1 aliphatic rings. The van der Waals surface area contributed by atoms with Crippen molar-refractivity contribution < 1.29 is 27.9 Å². The van der Waals surface area contributed by atoms with Crippen molar-refractivity contribution in [1.29, 1.82) is 0 Å². The zero-order chi connectivity index (χ0) is 18.4. The fourth-order valence-corrected chi connectivity index (χ4v) is 3.79. The average molecular weight is 369 g/mol. The van der Waals surface area contributed by atoms with Crippen LogP contribution in [-0.4, -0.2) is 50.4 Å². The van der Waals surface area contributed by atoms with Crippen LogP contribution in [-0.2, 0) is 30.6 Å². The second-order valence-corrected chi connectivity index (χ2v) is 8.37. The number of sulfone groups is 1. The summed E-state index contributed by atoms with van der Waals surface area (Å²) in [5.74, 6) is -1.83. The molecule has 1 fully saturated rings. The molecule has 0 aromatic heterocycles. The van der Waals surface area contributed by atoms with E-state index in [-0.39, 0.29) is 23.0 Å². The lowest BCUT2D eigenvalue weighted by Gasteiger charge is -2.28. The molecule has 1 aromatic carbocycles. The highest BCUT2D eigenvalue weighted by Crippen LogP contribution is 2.18. The summed E-state index contributed by atoms with van der Waals surface area (Å²) in [6.07, 6.45) is 1.37. The number of amides is 1. The van der Waals surface area contributed by atoms with E-state index in [0.29, 0.717) is 25.2 Å². The summed E-state index contributed by atoms with van der Waals surface area (Å²) in [6.45, 7) is 2.47. The molecule has 0 radical (unpaired) electrons. The summed E-state index contributed by atoms with van der Waals surface area (Å²) in [5.41, 5.74) is 0.524. The first kappa shape index (κ1) is 19.4. The van der Waals surface area contributed by atoms with Crippen molar-refractivity contribution in [3.8, 4) is 0 Å². The standard InChI is InChI=1S/C17H23NO6S/c1-2-25(22,23)14-7-3-5-12(9-14)10-15(19)18-16(17(20)21)13-6-4-8-24-11-13/h3,5,7,9,13,16H,2,4,6,8,10-11H2,1H3,(H,18,19)(H,20,21). The van der Waals surface area contributed by atoms with E-state index in [1.54, 1.807) is 19.1 Å². The molecule has 2 rings (SSSR count). The lowest BCUT2D eigenvalue weighted by molar-refractivity contribution is -0.145. The molecule has 1 heterocycles. The zero-order valence-corrected chi connectivity index (χ0v) is 14.9. The first-order valence-corrected chi connectivity index (χ1v) is 9.90. The minimum Gasteiger partial charge on any atom is -0.480 e. The van der Waals surface area contributed by atoms with Gasteiger partial charge in [0.05, 0.1) is 23.7 Å². The second-order valence-electron chi connectivity index (χ2n) is 6.09. The molecule has 1 aromatic rings. The van der Waals surface area contributed by atoms with Gasteiger partial charge in [-0.1, -0.05) is 19.1 Å². The van der Waals surface area contributed by atoms with Gasteiger partial charge in [0.25, 0.3) is 0 Å². The average Bonchev–Trinajstić information content (AvgIpc) is 2.60. The summed E-state index contributed by atoms with van der Waals surface area (Å²) in [7, 11) is -3.35. The van der Waals surface area contributed by atoms with Crippen LogP contribution in [0.25, 0.3) is 0 Å². The molecular weight excluding hydrogens is 346 g/mol. The van der Waals surface area contributed by atoms with Crippen LogP contribution in [0.5, 0.6) is 0 Å². The van der Waals surface area contributed by atoms with Gasteiger partial charge in [-0.15, -0.1) is 0 Å². The molecule has 0 aliphatic carbocycles. The van der Waals surface area contributed by atoms with Gasteiger partial charge in [-0.3, -0.25) is 4.79 Å². The Morgan fingerprint density at radius 1 is 1.40 bits per heavy atom. The van der Waals surface area contributed by atoms with E-state index in [4.69, 9.17) is 4.74 Å². The normalized spacial score (nSPS) is 19.2. The third-order valence-corrected chi connectivity index (χ3v) is 5.98. The Bertz CT molecular complexity index is 724. The van der Waals surface area contributed by atoms with Crippen LogP contribution in [0.4, 0.5) is 0 Å². The molecule has 2 unspecified atom stereocenters. The molecule has 138 valence electrons. The topological polar surface area (TPSA) is 110 Å². The van der Waals surface area contributed by atoms with Crippen molar-refractivity contribution in [1.82, 2.24) is 5.32 Å². The van der Waals surface area contributed by atoms with Gasteiger partial charge in [0, 0.05) is 12.5 Å². The number of carboxylic acids is 1. The SMILES string of the molecule is CCS(=O)(=O)c1cccc(CC(=O)NC(C(=O)O)C2CCCOC2)c1. The van der Waals surface area contributed by atoms with E-state index < -0.39 is 27.8 Å². The number of hydrogen-bond acceptors (Lipinski definition) is 5. The maximum Gasteiger partial charge on any atom is 0.326 e. The number of benzene rings is 1. The molecule has 1 aliphatic heterocycles.